The number of carbonyl (C=O) groups excluding carboxylic acids is 2. The SMILES string of the molecule is CC1(C)C(=O)NCCN1C(=O)c1cc(N)c[nH]1. The summed E-state index contributed by atoms with van der Waals surface area (Å²) >= 11 is 0. The highest BCUT2D eigenvalue weighted by Gasteiger charge is 2.40. The molecule has 0 atom stereocenters. The van der Waals surface area contributed by atoms with Crippen LogP contribution in [-0.4, -0.2) is 40.3 Å². The number of H-pyrrole nitrogens is 1. The van der Waals surface area contributed by atoms with Crippen molar-refractivity contribution in [2.45, 2.75) is 19.4 Å². The van der Waals surface area contributed by atoms with Gasteiger partial charge in [-0.05, 0) is 19.9 Å². The Hall–Kier alpha value is -1.98. The molecule has 0 aliphatic carbocycles. The molecule has 1 aromatic rings. The number of nitrogens with zero attached hydrogens (tertiary/aromatic N) is 1. The zero-order valence-electron chi connectivity index (χ0n) is 9.91. The van der Waals surface area contributed by atoms with Gasteiger partial charge in [0.05, 0.1) is 0 Å². The predicted molar refractivity (Wildman–Crippen MR) is 63.3 cm³/mol. The fourth-order valence-corrected chi connectivity index (χ4v) is 1.93. The molecule has 6 nitrogen and oxygen atoms in total. The van der Waals surface area contributed by atoms with Gasteiger partial charge in [-0.3, -0.25) is 9.59 Å². The summed E-state index contributed by atoms with van der Waals surface area (Å²) in [5.74, 6) is -0.349. The van der Waals surface area contributed by atoms with Crippen LogP contribution in [0.25, 0.3) is 0 Å². The molecule has 0 spiro atoms. The van der Waals surface area contributed by atoms with Crippen molar-refractivity contribution in [2.24, 2.45) is 0 Å². The molecule has 1 fully saturated rings. The number of amides is 2. The maximum Gasteiger partial charge on any atom is 0.271 e. The van der Waals surface area contributed by atoms with Crippen LogP contribution >= 0.6 is 0 Å². The molecule has 0 unspecified atom stereocenters. The second kappa shape index (κ2) is 3.80. The van der Waals surface area contributed by atoms with E-state index < -0.39 is 5.54 Å². The zero-order chi connectivity index (χ0) is 12.6. The number of aromatic amines is 1. The minimum absolute atomic E-state index is 0.142. The van der Waals surface area contributed by atoms with Gasteiger partial charge >= 0.3 is 0 Å². The number of nitrogens with one attached hydrogen (secondary N) is 2. The first-order valence-corrected chi connectivity index (χ1v) is 5.47. The number of hydrogen-bond donors (Lipinski definition) is 3. The first-order chi connectivity index (χ1) is 7.93. The van der Waals surface area contributed by atoms with Gasteiger partial charge in [0.25, 0.3) is 5.91 Å². The van der Waals surface area contributed by atoms with E-state index in [1.165, 1.54) is 0 Å². The number of hydrogen-bond acceptors (Lipinski definition) is 3. The molecule has 92 valence electrons. The van der Waals surface area contributed by atoms with E-state index in [0.29, 0.717) is 24.5 Å². The third kappa shape index (κ3) is 1.86. The number of anilines is 1. The quantitative estimate of drug-likeness (QED) is 0.638. The van der Waals surface area contributed by atoms with Crippen molar-refractivity contribution in [1.82, 2.24) is 15.2 Å². The third-order valence-electron chi connectivity index (χ3n) is 3.03. The van der Waals surface area contributed by atoms with Gasteiger partial charge < -0.3 is 20.9 Å². The molecule has 2 rings (SSSR count). The minimum atomic E-state index is -0.838. The standard InChI is InChI=1S/C11H16N4O2/c1-11(2)10(17)13-3-4-15(11)9(16)8-5-7(12)6-14-8/h5-6,14H,3-4,12H2,1-2H3,(H,13,17). The fourth-order valence-electron chi connectivity index (χ4n) is 1.93. The molecule has 4 N–H and O–H groups in total. The summed E-state index contributed by atoms with van der Waals surface area (Å²) in [6.45, 7) is 4.43. The van der Waals surface area contributed by atoms with Crippen molar-refractivity contribution in [2.75, 3.05) is 18.8 Å². The summed E-state index contributed by atoms with van der Waals surface area (Å²) in [6.07, 6.45) is 1.56. The van der Waals surface area contributed by atoms with Crippen molar-refractivity contribution in [1.29, 1.82) is 0 Å². The molecule has 0 bridgehead atoms. The van der Waals surface area contributed by atoms with Gasteiger partial charge in [0.2, 0.25) is 5.91 Å². The van der Waals surface area contributed by atoms with Crippen LogP contribution in [0.5, 0.6) is 0 Å². The van der Waals surface area contributed by atoms with Crippen molar-refractivity contribution >= 4 is 17.5 Å². The first-order valence-electron chi connectivity index (χ1n) is 5.47. The second-order valence-electron chi connectivity index (χ2n) is 4.62. The Kier molecular flexibility index (Phi) is 2.57. The summed E-state index contributed by atoms with van der Waals surface area (Å²) in [7, 11) is 0. The van der Waals surface area contributed by atoms with Gasteiger partial charge in [-0.25, -0.2) is 0 Å². The zero-order valence-corrected chi connectivity index (χ0v) is 9.91. The lowest BCUT2D eigenvalue weighted by Gasteiger charge is -2.40. The molecular weight excluding hydrogens is 220 g/mol. The van der Waals surface area contributed by atoms with Gasteiger partial charge in [0.1, 0.15) is 11.2 Å². The average molecular weight is 236 g/mol. The lowest BCUT2D eigenvalue weighted by molar-refractivity contribution is -0.133. The Morgan fingerprint density at radius 3 is 2.82 bits per heavy atom. The Morgan fingerprint density at radius 2 is 2.24 bits per heavy atom. The Bertz CT molecular complexity index is 464. The summed E-state index contributed by atoms with van der Waals surface area (Å²) in [6, 6.07) is 1.57. The number of nitrogens with two attached hydrogens (primary N) is 1. The number of piperazine rings is 1. The first kappa shape index (κ1) is 11.5. The summed E-state index contributed by atoms with van der Waals surface area (Å²) in [5, 5.41) is 2.75. The number of aromatic nitrogens is 1. The molecular formula is C11H16N4O2. The van der Waals surface area contributed by atoms with Gasteiger partial charge in [-0.1, -0.05) is 0 Å². The van der Waals surface area contributed by atoms with E-state index in [1.54, 1.807) is 31.0 Å². The normalized spacial score (nSPS) is 18.9. The summed E-state index contributed by atoms with van der Waals surface area (Å²) < 4.78 is 0. The molecule has 0 aromatic carbocycles. The van der Waals surface area contributed by atoms with E-state index in [-0.39, 0.29) is 11.8 Å². The van der Waals surface area contributed by atoms with Gasteiger partial charge in [-0.2, -0.15) is 0 Å². The van der Waals surface area contributed by atoms with Crippen LogP contribution in [0.3, 0.4) is 0 Å². The molecule has 6 heteroatoms. The van der Waals surface area contributed by atoms with Crippen LogP contribution in [0.1, 0.15) is 24.3 Å². The molecule has 1 saturated heterocycles. The molecule has 2 heterocycles. The van der Waals surface area contributed by atoms with E-state index in [2.05, 4.69) is 10.3 Å². The van der Waals surface area contributed by atoms with Crippen molar-refractivity contribution in [3.63, 3.8) is 0 Å². The molecule has 0 radical (unpaired) electrons. The van der Waals surface area contributed by atoms with Crippen molar-refractivity contribution < 1.29 is 9.59 Å². The van der Waals surface area contributed by atoms with Crippen LogP contribution in [-0.2, 0) is 4.79 Å². The molecule has 1 aliphatic rings. The molecule has 1 aromatic heterocycles. The Morgan fingerprint density at radius 1 is 1.53 bits per heavy atom. The van der Waals surface area contributed by atoms with E-state index in [1.807, 2.05) is 0 Å². The van der Waals surface area contributed by atoms with Gasteiger partial charge in [0.15, 0.2) is 0 Å². The van der Waals surface area contributed by atoms with Gasteiger partial charge in [-0.15, -0.1) is 0 Å². The monoisotopic (exact) mass is 236 g/mol. The van der Waals surface area contributed by atoms with Crippen LogP contribution in [0, 0.1) is 0 Å². The van der Waals surface area contributed by atoms with E-state index in [0.717, 1.165) is 0 Å². The van der Waals surface area contributed by atoms with Crippen molar-refractivity contribution in [3.05, 3.63) is 18.0 Å². The fraction of sp³-hybridized carbons (Fsp3) is 0.455. The van der Waals surface area contributed by atoms with E-state index >= 15 is 0 Å². The van der Waals surface area contributed by atoms with Gasteiger partial charge in [0, 0.05) is 25.0 Å². The predicted octanol–water partition coefficient (Wildman–Crippen LogP) is -0.0525. The van der Waals surface area contributed by atoms with E-state index in [9.17, 15) is 9.59 Å². The summed E-state index contributed by atoms with van der Waals surface area (Å²) in [4.78, 5) is 28.3. The minimum Gasteiger partial charge on any atom is -0.397 e. The number of carbonyl (C=O) groups is 2. The molecule has 2 amide bonds. The molecule has 17 heavy (non-hydrogen) atoms. The van der Waals surface area contributed by atoms with Crippen LogP contribution < -0.4 is 11.1 Å². The number of rotatable bonds is 1. The highest BCUT2D eigenvalue weighted by Crippen LogP contribution is 2.20. The maximum absolute atomic E-state index is 12.2. The largest absolute Gasteiger partial charge is 0.397 e. The molecule has 1 aliphatic heterocycles. The van der Waals surface area contributed by atoms with Crippen molar-refractivity contribution in [3.8, 4) is 0 Å². The average Bonchev–Trinajstić information content (AvgIpc) is 2.68. The van der Waals surface area contributed by atoms with Crippen LogP contribution in [0.4, 0.5) is 5.69 Å². The third-order valence-corrected chi connectivity index (χ3v) is 3.03. The maximum atomic E-state index is 12.2. The Labute approximate surface area is 99.2 Å². The van der Waals surface area contributed by atoms with Crippen LogP contribution in [0.2, 0.25) is 0 Å². The molecule has 0 saturated carbocycles. The lowest BCUT2D eigenvalue weighted by atomic mass is 9.98. The highest BCUT2D eigenvalue weighted by atomic mass is 16.2. The topological polar surface area (TPSA) is 91.2 Å². The number of nitrogen functional groups attached to an aromatic ring is 1. The van der Waals surface area contributed by atoms with E-state index in [4.69, 9.17) is 5.73 Å². The smallest absolute Gasteiger partial charge is 0.271 e. The highest BCUT2D eigenvalue weighted by molar-refractivity contribution is 5.99. The summed E-state index contributed by atoms with van der Waals surface area (Å²) in [5.41, 5.74) is 5.64. The second-order valence-corrected chi connectivity index (χ2v) is 4.62. The Balaban J connectivity index is 2.27. The lowest BCUT2D eigenvalue weighted by Crippen LogP contribution is -2.63. The van der Waals surface area contributed by atoms with Crippen LogP contribution in [0.15, 0.2) is 12.3 Å².